The summed E-state index contributed by atoms with van der Waals surface area (Å²) >= 11 is 0. The monoisotopic (exact) mass is 180 g/mol. The Balaban J connectivity index is 2.46. The molecule has 0 saturated carbocycles. The van der Waals surface area contributed by atoms with Crippen molar-refractivity contribution in [2.75, 3.05) is 0 Å². The molecule has 1 unspecified atom stereocenters. The van der Waals surface area contributed by atoms with E-state index < -0.39 is 6.17 Å². The molecule has 0 aromatic heterocycles. The Morgan fingerprint density at radius 1 is 1.54 bits per heavy atom. The van der Waals surface area contributed by atoms with Crippen molar-refractivity contribution in [1.29, 1.82) is 0 Å². The summed E-state index contributed by atoms with van der Waals surface area (Å²) in [5.41, 5.74) is 6.96. The van der Waals surface area contributed by atoms with Gasteiger partial charge in [0, 0.05) is 24.1 Å². The van der Waals surface area contributed by atoms with Crippen LogP contribution in [0.2, 0.25) is 0 Å². The van der Waals surface area contributed by atoms with Crippen LogP contribution in [0.25, 0.3) is 0 Å². The lowest BCUT2D eigenvalue weighted by Gasteiger charge is -2.21. The quantitative estimate of drug-likeness (QED) is 0.601. The van der Waals surface area contributed by atoms with Crippen molar-refractivity contribution in [2.45, 2.75) is 19.0 Å². The Morgan fingerprint density at radius 3 is 3.08 bits per heavy atom. The van der Waals surface area contributed by atoms with E-state index in [0.29, 0.717) is 11.3 Å². The molecule has 0 fully saturated rings. The second-order valence-electron chi connectivity index (χ2n) is 3.08. The predicted octanol–water partition coefficient (Wildman–Crippen LogP) is 0.869. The molecule has 1 aliphatic carbocycles. The van der Waals surface area contributed by atoms with Crippen molar-refractivity contribution < 1.29 is 9.18 Å². The van der Waals surface area contributed by atoms with Gasteiger partial charge in [-0.1, -0.05) is 12.2 Å². The number of hydrogen-bond donors (Lipinski definition) is 1. The molecule has 1 atom stereocenters. The number of aliphatic imine (C=N–C) groups is 1. The first-order chi connectivity index (χ1) is 6.18. The van der Waals surface area contributed by atoms with Crippen molar-refractivity contribution in [3.05, 3.63) is 23.4 Å². The molecule has 0 aromatic rings. The van der Waals surface area contributed by atoms with Crippen molar-refractivity contribution in [3.63, 3.8) is 0 Å². The Bertz CT molecular complexity index is 355. The minimum atomic E-state index is -1.18. The number of amides is 1. The van der Waals surface area contributed by atoms with Gasteiger partial charge >= 0.3 is 0 Å². The smallest absolute Gasteiger partial charge is 0.249 e. The number of halogens is 1. The van der Waals surface area contributed by atoms with Gasteiger partial charge in [-0.3, -0.25) is 4.79 Å². The molecular weight excluding hydrogens is 171 g/mol. The summed E-state index contributed by atoms with van der Waals surface area (Å²) in [5, 5.41) is 0. The van der Waals surface area contributed by atoms with Gasteiger partial charge in [-0.25, -0.2) is 9.38 Å². The average Bonchev–Trinajstić information content (AvgIpc) is 2.12. The van der Waals surface area contributed by atoms with Crippen molar-refractivity contribution in [1.82, 2.24) is 0 Å². The number of hydrogen-bond acceptors (Lipinski definition) is 2. The third-order valence-electron chi connectivity index (χ3n) is 2.15. The number of nitrogens with zero attached hydrogens (tertiary/aromatic N) is 1. The van der Waals surface area contributed by atoms with E-state index in [-0.39, 0.29) is 24.5 Å². The van der Waals surface area contributed by atoms with E-state index in [0.717, 1.165) is 0 Å². The zero-order valence-electron chi connectivity index (χ0n) is 6.96. The molecule has 2 N–H and O–H groups in total. The molecule has 2 rings (SSSR count). The molecule has 1 aliphatic heterocycles. The summed E-state index contributed by atoms with van der Waals surface area (Å²) < 4.78 is 13.2. The van der Waals surface area contributed by atoms with Crippen molar-refractivity contribution >= 4 is 11.6 Å². The van der Waals surface area contributed by atoms with Gasteiger partial charge in [-0.05, 0) is 0 Å². The number of fused-ring (bicyclic) bond motifs is 1. The zero-order chi connectivity index (χ0) is 9.42. The predicted molar refractivity (Wildman–Crippen MR) is 46.9 cm³/mol. The average molecular weight is 180 g/mol. The molecule has 1 amide bonds. The van der Waals surface area contributed by atoms with Crippen molar-refractivity contribution in [2.24, 2.45) is 10.7 Å². The lowest BCUT2D eigenvalue weighted by molar-refractivity contribution is -0.117. The van der Waals surface area contributed by atoms with Crippen molar-refractivity contribution in [3.8, 4) is 0 Å². The molecule has 0 saturated heterocycles. The third-order valence-corrected chi connectivity index (χ3v) is 2.15. The summed E-state index contributed by atoms with van der Waals surface area (Å²) in [7, 11) is 0. The first-order valence-corrected chi connectivity index (χ1v) is 4.10. The van der Waals surface area contributed by atoms with E-state index in [1.165, 1.54) is 0 Å². The van der Waals surface area contributed by atoms with Gasteiger partial charge in [0.2, 0.25) is 5.91 Å². The topological polar surface area (TPSA) is 55.4 Å². The minimum absolute atomic E-state index is 0.205. The first kappa shape index (κ1) is 8.16. The maximum absolute atomic E-state index is 13.2. The fourth-order valence-corrected chi connectivity index (χ4v) is 1.49. The molecular formula is C9H9FN2O. The van der Waals surface area contributed by atoms with E-state index >= 15 is 0 Å². The number of rotatable bonds is 0. The SMILES string of the molecule is NC1=CCC(F)C2=NC(=O)CC=C12. The van der Waals surface area contributed by atoms with Gasteiger partial charge in [0.25, 0.3) is 0 Å². The highest BCUT2D eigenvalue weighted by Crippen LogP contribution is 2.24. The van der Waals surface area contributed by atoms with Crippen LogP contribution in [0.4, 0.5) is 4.39 Å². The summed E-state index contributed by atoms with van der Waals surface area (Å²) in [4.78, 5) is 14.6. The van der Waals surface area contributed by atoms with Crippen LogP contribution in [0, 0.1) is 0 Å². The Hall–Kier alpha value is -1.45. The second kappa shape index (κ2) is 2.80. The lowest BCUT2D eigenvalue weighted by Crippen LogP contribution is -2.29. The largest absolute Gasteiger partial charge is 0.398 e. The summed E-state index contributed by atoms with van der Waals surface area (Å²) in [6.07, 6.45) is 2.53. The summed E-state index contributed by atoms with van der Waals surface area (Å²) in [6.45, 7) is 0. The van der Waals surface area contributed by atoms with Crippen LogP contribution in [0.3, 0.4) is 0 Å². The van der Waals surface area contributed by atoms with Crippen LogP contribution < -0.4 is 5.73 Å². The zero-order valence-corrected chi connectivity index (χ0v) is 6.96. The summed E-state index contributed by atoms with van der Waals surface area (Å²) in [6, 6.07) is 0. The molecule has 0 aromatic carbocycles. The Morgan fingerprint density at radius 2 is 2.31 bits per heavy atom. The van der Waals surface area contributed by atoms with E-state index in [9.17, 15) is 9.18 Å². The molecule has 2 aliphatic rings. The normalized spacial score (nSPS) is 27.3. The number of carbonyl (C=O) groups is 1. The van der Waals surface area contributed by atoms with Gasteiger partial charge in [0.1, 0.15) is 6.17 Å². The van der Waals surface area contributed by atoms with Crippen LogP contribution in [0.5, 0.6) is 0 Å². The lowest BCUT2D eigenvalue weighted by atomic mass is 9.92. The minimum Gasteiger partial charge on any atom is -0.398 e. The van der Waals surface area contributed by atoms with E-state index in [1.54, 1.807) is 12.2 Å². The maximum atomic E-state index is 13.2. The molecule has 68 valence electrons. The first-order valence-electron chi connectivity index (χ1n) is 4.10. The molecule has 0 radical (unpaired) electrons. The highest BCUT2D eigenvalue weighted by atomic mass is 19.1. The Labute approximate surface area is 74.8 Å². The van der Waals surface area contributed by atoms with Gasteiger partial charge < -0.3 is 5.73 Å². The van der Waals surface area contributed by atoms with Crippen LogP contribution in [-0.2, 0) is 4.79 Å². The van der Waals surface area contributed by atoms with E-state index in [1.807, 2.05) is 0 Å². The van der Waals surface area contributed by atoms with Crippen LogP contribution in [0.1, 0.15) is 12.8 Å². The van der Waals surface area contributed by atoms with E-state index in [4.69, 9.17) is 5.73 Å². The molecule has 0 bridgehead atoms. The molecule has 0 spiro atoms. The van der Waals surface area contributed by atoms with Crippen LogP contribution in [-0.4, -0.2) is 17.8 Å². The highest BCUT2D eigenvalue weighted by molar-refractivity contribution is 6.14. The molecule has 4 heteroatoms. The number of nitrogens with two attached hydrogens (primary N) is 1. The van der Waals surface area contributed by atoms with Gasteiger partial charge in [-0.15, -0.1) is 0 Å². The van der Waals surface area contributed by atoms with Crippen LogP contribution >= 0.6 is 0 Å². The molecule has 3 nitrogen and oxygen atoms in total. The van der Waals surface area contributed by atoms with Gasteiger partial charge in [0.05, 0.1) is 5.71 Å². The maximum Gasteiger partial charge on any atom is 0.249 e. The molecule has 1 heterocycles. The van der Waals surface area contributed by atoms with Gasteiger partial charge in [0.15, 0.2) is 0 Å². The second-order valence-corrected chi connectivity index (χ2v) is 3.08. The summed E-state index contributed by atoms with van der Waals surface area (Å²) in [5.74, 6) is -0.295. The fraction of sp³-hybridized carbons (Fsp3) is 0.333. The number of carbonyl (C=O) groups excluding carboxylic acids is 1. The Kier molecular flexibility index (Phi) is 1.76. The highest BCUT2D eigenvalue weighted by Gasteiger charge is 2.27. The van der Waals surface area contributed by atoms with Crippen LogP contribution in [0.15, 0.2) is 28.4 Å². The van der Waals surface area contributed by atoms with E-state index in [2.05, 4.69) is 4.99 Å². The third kappa shape index (κ3) is 1.28. The number of alkyl halides is 1. The molecule has 13 heavy (non-hydrogen) atoms. The number of allylic oxidation sites excluding steroid dienone is 2. The van der Waals surface area contributed by atoms with Gasteiger partial charge in [-0.2, -0.15) is 0 Å². The standard InChI is InChI=1S/C9H9FN2O/c10-6-2-3-7(11)5-1-4-8(13)12-9(5)6/h1,3,6H,2,4,11H2. The fourth-order valence-electron chi connectivity index (χ4n) is 1.49. The number of dihydropyridines is 1.